The molecule has 0 bridgehead atoms. The summed E-state index contributed by atoms with van der Waals surface area (Å²) in [4.78, 5) is 13.3. The normalized spacial score (nSPS) is 19.2. The summed E-state index contributed by atoms with van der Waals surface area (Å²) in [5, 5.41) is 4.25. The predicted octanol–water partition coefficient (Wildman–Crippen LogP) is 1.74. The summed E-state index contributed by atoms with van der Waals surface area (Å²) in [5.74, 6) is 0. The van der Waals surface area contributed by atoms with Gasteiger partial charge < -0.3 is 4.90 Å². The van der Waals surface area contributed by atoms with E-state index >= 15 is 0 Å². The van der Waals surface area contributed by atoms with Crippen molar-refractivity contribution in [1.29, 1.82) is 0 Å². The first-order valence-corrected chi connectivity index (χ1v) is 5.95. The van der Waals surface area contributed by atoms with Crippen LogP contribution in [0.2, 0.25) is 0 Å². The molecule has 2 heterocycles. The third-order valence-electron chi connectivity index (χ3n) is 3.40. The Morgan fingerprint density at radius 2 is 2.12 bits per heavy atom. The van der Waals surface area contributed by atoms with E-state index in [9.17, 15) is 4.79 Å². The van der Waals surface area contributed by atoms with Crippen LogP contribution in [0.1, 0.15) is 43.2 Å². The van der Waals surface area contributed by atoms with Crippen molar-refractivity contribution in [2.24, 2.45) is 0 Å². The highest BCUT2D eigenvalue weighted by Crippen LogP contribution is 2.23. The molecule has 1 saturated heterocycles. The molecule has 0 aliphatic carbocycles. The molecule has 0 saturated carbocycles. The fourth-order valence-corrected chi connectivity index (χ4v) is 2.37. The number of hydrogen-bond acceptors (Lipinski definition) is 3. The molecule has 0 aromatic carbocycles. The van der Waals surface area contributed by atoms with Crippen LogP contribution in [-0.2, 0) is 0 Å². The predicted molar refractivity (Wildman–Crippen MR) is 62.6 cm³/mol. The summed E-state index contributed by atoms with van der Waals surface area (Å²) < 4.78 is 1.88. The van der Waals surface area contributed by atoms with Crippen molar-refractivity contribution in [2.75, 3.05) is 13.1 Å². The van der Waals surface area contributed by atoms with Gasteiger partial charge in [0.1, 0.15) is 5.69 Å². The largest absolute Gasteiger partial charge is 0.301 e. The highest BCUT2D eigenvalue weighted by molar-refractivity contribution is 5.71. The van der Waals surface area contributed by atoms with E-state index in [1.807, 2.05) is 4.68 Å². The van der Waals surface area contributed by atoms with Gasteiger partial charge in [0.2, 0.25) is 0 Å². The quantitative estimate of drug-likeness (QED) is 0.730. The van der Waals surface area contributed by atoms with E-state index in [0.29, 0.717) is 17.8 Å². The monoisotopic (exact) mass is 221 g/mol. The van der Waals surface area contributed by atoms with Crippen molar-refractivity contribution in [3.63, 3.8) is 0 Å². The molecule has 0 radical (unpaired) electrons. The molecule has 4 heteroatoms. The van der Waals surface area contributed by atoms with Gasteiger partial charge in [0.25, 0.3) is 0 Å². The van der Waals surface area contributed by atoms with E-state index in [2.05, 4.69) is 23.8 Å². The van der Waals surface area contributed by atoms with E-state index in [4.69, 9.17) is 0 Å². The van der Waals surface area contributed by atoms with Crippen LogP contribution in [0.4, 0.5) is 0 Å². The second-order valence-corrected chi connectivity index (χ2v) is 4.68. The summed E-state index contributed by atoms with van der Waals surface area (Å²) in [7, 11) is 0. The summed E-state index contributed by atoms with van der Waals surface area (Å²) >= 11 is 0. The highest BCUT2D eigenvalue weighted by Gasteiger charge is 2.23. The van der Waals surface area contributed by atoms with Crippen LogP contribution in [0, 0.1) is 0 Å². The Kier molecular flexibility index (Phi) is 3.39. The number of carbonyl (C=O) groups excluding carboxylic acids is 1. The van der Waals surface area contributed by atoms with Crippen molar-refractivity contribution >= 4 is 6.29 Å². The van der Waals surface area contributed by atoms with Gasteiger partial charge in [0.15, 0.2) is 6.29 Å². The van der Waals surface area contributed by atoms with Crippen LogP contribution >= 0.6 is 0 Å². The number of likely N-dealkylation sites (tertiary alicyclic amines) is 1. The number of aldehydes is 1. The second kappa shape index (κ2) is 4.78. The molecule has 2 rings (SSSR count). The minimum Gasteiger partial charge on any atom is -0.301 e. The van der Waals surface area contributed by atoms with Crippen LogP contribution < -0.4 is 0 Å². The molecule has 16 heavy (non-hydrogen) atoms. The molecule has 0 unspecified atom stereocenters. The molecule has 88 valence electrons. The third-order valence-corrected chi connectivity index (χ3v) is 3.40. The maximum absolute atomic E-state index is 10.8. The van der Waals surface area contributed by atoms with Crippen molar-refractivity contribution in [2.45, 2.75) is 38.8 Å². The van der Waals surface area contributed by atoms with Crippen LogP contribution in [-0.4, -0.2) is 40.1 Å². The average molecular weight is 221 g/mol. The van der Waals surface area contributed by atoms with Crippen LogP contribution in [0.5, 0.6) is 0 Å². The number of hydrogen-bond donors (Lipinski definition) is 0. The smallest absolute Gasteiger partial charge is 0.168 e. The topological polar surface area (TPSA) is 38.1 Å². The zero-order valence-corrected chi connectivity index (χ0v) is 9.97. The number of carbonyl (C=O) groups is 1. The Bertz CT molecular complexity index is 351. The van der Waals surface area contributed by atoms with E-state index < -0.39 is 0 Å². The van der Waals surface area contributed by atoms with Gasteiger partial charge in [-0.25, -0.2) is 0 Å². The molecule has 1 aromatic heterocycles. The molecule has 1 aliphatic heterocycles. The molecular weight excluding hydrogens is 202 g/mol. The Balaban J connectivity index is 2.01. The molecule has 0 atom stereocenters. The minimum atomic E-state index is 0.394. The Morgan fingerprint density at radius 1 is 1.44 bits per heavy atom. The van der Waals surface area contributed by atoms with Crippen LogP contribution in [0.25, 0.3) is 0 Å². The molecule has 4 nitrogen and oxygen atoms in total. The number of rotatable bonds is 3. The maximum atomic E-state index is 10.8. The second-order valence-electron chi connectivity index (χ2n) is 4.68. The van der Waals surface area contributed by atoms with Crippen molar-refractivity contribution in [3.05, 3.63) is 18.0 Å². The van der Waals surface area contributed by atoms with Crippen molar-refractivity contribution < 1.29 is 4.79 Å². The van der Waals surface area contributed by atoms with Crippen molar-refractivity contribution in [3.8, 4) is 0 Å². The van der Waals surface area contributed by atoms with Gasteiger partial charge in [-0.2, -0.15) is 5.10 Å². The number of nitrogens with zero attached hydrogens (tertiary/aromatic N) is 3. The van der Waals surface area contributed by atoms with E-state index in [-0.39, 0.29) is 0 Å². The summed E-state index contributed by atoms with van der Waals surface area (Å²) in [5.41, 5.74) is 0.697. The lowest BCUT2D eigenvalue weighted by Gasteiger charge is -2.34. The number of piperidine rings is 1. The van der Waals surface area contributed by atoms with Gasteiger partial charge in [0, 0.05) is 25.3 Å². The van der Waals surface area contributed by atoms with Gasteiger partial charge in [-0.05, 0) is 32.8 Å². The highest BCUT2D eigenvalue weighted by atomic mass is 16.1. The van der Waals surface area contributed by atoms with Gasteiger partial charge in [-0.15, -0.1) is 0 Å². The van der Waals surface area contributed by atoms with Gasteiger partial charge >= 0.3 is 0 Å². The lowest BCUT2D eigenvalue weighted by Crippen LogP contribution is -2.39. The van der Waals surface area contributed by atoms with Gasteiger partial charge in [-0.1, -0.05) is 0 Å². The first kappa shape index (κ1) is 11.3. The lowest BCUT2D eigenvalue weighted by molar-refractivity contribution is 0.109. The minimum absolute atomic E-state index is 0.394. The number of aromatic nitrogens is 2. The molecular formula is C12H19N3O. The van der Waals surface area contributed by atoms with E-state index in [1.54, 1.807) is 12.3 Å². The van der Waals surface area contributed by atoms with Gasteiger partial charge in [0.05, 0.1) is 6.04 Å². The standard InChI is InChI=1S/C12H19N3O/c1-10(2)14-7-4-11(5-8-14)15-12(9-16)3-6-13-15/h3,6,9-11H,4-5,7-8H2,1-2H3. The Hall–Kier alpha value is -1.16. The van der Waals surface area contributed by atoms with E-state index in [0.717, 1.165) is 32.2 Å². The lowest BCUT2D eigenvalue weighted by atomic mass is 10.0. The zero-order valence-electron chi connectivity index (χ0n) is 9.97. The zero-order chi connectivity index (χ0) is 11.5. The molecule has 0 spiro atoms. The first-order valence-electron chi connectivity index (χ1n) is 5.95. The SMILES string of the molecule is CC(C)N1CCC(n2nccc2C=O)CC1. The van der Waals surface area contributed by atoms with Crippen LogP contribution in [0.3, 0.4) is 0 Å². The summed E-state index contributed by atoms with van der Waals surface area (Å²) in [6.07, 6.45) is 4.77. The molecule has 1 aliphatic rings. The fraction of sp³-hybridized carbons (Fsp3) is 0.667. The Morgan fingerprint density at radius 3 is 2.69 bits per heavy atom. The van der Waals surface area contributed by atoms with Gasteiger partial charge in [-0.3, -0.25) is 9.48 Å². The molecule has 1 fully saturated rings. The average Bonchev–Trinajstić information content (AvgIpc) is 2.77. The molecule has 1 aromatic rings. The maximum Gasteiger partial charge on any atom is 0.168 e. The summed E-state index contributed by atoms with van der Waals surface area (Å²) in [6, 6.07) is 2.79. The first-order chi connectivity index (χ1) is 7.72. The van der Waals surface area contributed by atoms with Crippen LogP contribution in [0.15, 0.2) is 12.3 Å². The summed E-state index contributed by atoms with van der Waals surface area (Å²) in [6.45, 7) is 6.65. The fourth-order valence-electron chi connectivity index (χ4n) is 2.37. The molecule has 0 amide bonds. The Labute approximate surface area is 96.2 Å². The molecule has 0 N–H and O–H groups in total. The van der Waals surface area contributed by atoms with Crippen molar-refractivity contribution in [1.82, 2.24) is 14.7 Å². The van der Waals surface area contributed by atoms with E-state index in [1.165, 1.54) is 0 Å². The third kappa shape index (κ3) is 2.16.